The van der Waals surface area contributed by atoms with E-state index in [1.54, 1.807) is 0 Å². The number of rotatable bonds is 3. The van der Waals surface area contributed by atoms with Crippen LogP contribution in [-0.4, -0.2) is 42.1 Å². The molecule has 1 aromatic heterocycles. The van der Waals surface area contributed by atoms with E-state index in [2.05, 4.69) is 5.32 Å². The molecule has 1 amide bonds. The molecule has 0 bridgehead atoms. The number of aryl methyl sites for hydroxylation is 1. The molecular formula is C14H24ClN3O. The van der Waals surface area contributed by atoms with E-state index in [0.29, 0.717) is 5.92 Å². The molecule has 19 heavy (non-hydrogen) atoms. The quantitative estimate of drug-likeness (QED) is 0.920. The van der Waals surface area contributed by atoms with Crippen molar-refractivity contribution in [3.05, 3.63) is 23.5 Å². The number of carbonyl (C=O) groups is 1. The van der Waals surface area contributed by atoms with Crippen molar-refractivity contribution in [2.45, 2.75) is 19.8 Å². The molecule has 1 unspecified atom stereocenters. The highest BCUT2D eigenvalue weighted by atomic mass is 35.5. The zero-order valence-corrected chi connectivity index (χ0v) is 12.8. The number of piperidine rings is 1. The van der Waals surface area contributed by atoms with E-state index in [-0.39, 0.29) is 18.3 Å². The topological polar surface area (TPSA) is 37.3 Å². The fourth-order valence-corrected chi connectivity index (χ4v) is 2.69. The van der Waals surface area contributed by atoms with Gasteiger partial charge in [0.25, 0.3) is 5.91 Å². The number of hydrogen-bond donors (Lipinski definition) is 1. The number of likely N-dealkylation sites (tertiary alicyclic amines) is 1. The lowest BCUT2D eigenvalue weighted by atomic mass is 9.98. The number of hydrogen-bond acceptors (Lipinski definition) is 2. The maximum absolute atomic E-state index is 12.5. The highest BCUT2D eigenvalue weighted by molar-refractivity contribution is 5.93. The summed E-state index contributed by atoms with van der Waals surface area (Å²) in [6.07, 6.45) is 2.33. The Balaban J connectivity index is 0.00000180. The maximum Gasteiger partial charge on any atom is 0.270 e. The number of halogens is 1. The second-order valence-corrected chi connectivity index (χ2v) is 5.24. The zero-order valence-electron chi connectivity index (χ0n) is 12.0. The molecule has 1 N–H and O–H groups in total. The number of aromatic nitrogens is 1. The summed E-state index contributed by atoms with van der Waals surface area (Å²) in [5.74, 6) is 0.764. The van der Waals surface area contributed by atoms with Crippen molar-refractivity contribution in [3.8, 4) is 0 Å². The Labute approximate surface area is 121 Å². The van der Waals surface area contributed by atoms with E-state index < -0.39 is 0 Å². The molecule has 0 saturated carbocycles. The van der Waals surface area contributed by atoms with Crippen LogP contribution in [0.15, 0.2) is 12.1 Å². The third-order valence-electron chi connectivity index (χ3n) is 3.89. The minimum atomic E-state index is 0. The average Bonchev–Trinajstić information content (AvgIpc) is 2.70. The van der Waals surface area contributed by atoms with Crippen LogP contribution in [0.2, 0.25) is 0 Å². The standard InChI is InChI=1S/C14H23N3O.ClH/c1-11-6-7-13(16(11)3)14(18)17-8-4-5-12(10-17)9-15-2;/h6-7,12,15H,4-5,8-10H2,1-3H3;1H. The van der Waals surface area contributed by atoms with Crippen LogP contribution in [0.1, 0.15) is 29.0 Å². The first-order chi connectivity index (χ1) is 8.63. The van der Waals surface area contributed by atoms with E-state index in [1.807, 2.05) is 42.6 Å². The van der Waals surface area contributed by atoms with Crippen molar-refractivity contribution in [2.75, 3.05) is 26.7 Å². The zero-order chi connectivity index (χ0) is 13.1. The van der Waals surface area contributed by atoms with Crippen molar-refractivity contribution in [1.29, 1.82) is 0 Å². The van der Waals surface area contributed by atoms with E-state index in [0.717, 1.165) is 37.4 Å². The largest absolute Gasteiger partial charge is 0.344 e. The van der Waals surface area contributed by atoms with Gasteiger partial charge < -0.3 is 14.8 Å². The second kappa shape index (κ2) is 6.96. The number of nitrogens with one attached hydrogen (secondary N) is 1. The van der Waals surface area contributed by atoms with Crippen molar-refractivity contribution >= 4 is 18.3 Å². The number of amides is 1. The summed E-state index contributed by atoms with van der Waals surface area (Å²) in [6, 6.07) is 3.93. The van der Waals surface area contributed by atoms with Gasteiger partial charge in [-0.15, -0.1) is 12.4 Å². The molecule has 0 aromatic carbocycles. The molecule has 108 valence electrons. The Morgan fingerprint density at radius 1 is 1.47 bits per heavy atom. The average molecular weight is 286 g/mol. The molecule has 5 heteroatoms. The van der Waals surface area contributed by atoms with Crippen molar-refractivity contribution in [1.82, 2.24) is 14.8 Å². The third-order valence-corrected chi connectivity index (χ3v) is 3.89. The normalized spacial score (nSPS) is 19.1. The van der Waals surface area contributed by atoms with Gasteiger partial charge in [-0.3, -0.25) is 4.79 Å². The van der Waals surface area contributed by atoms with Gasteiger partial charge >= 0.3 is 0 Å². The lowest BCUT2D eigenvalue weighted by Gasteiger charge is -2.32. The Morgan fingerprint density at radius 2 is 2.21 bits per heavy atom. The highest BCUT2D eigenvalue weighted by Gasteiger charge is 2.25. The summed E-state index contributed by atoms with van der Waals surface area (Å²) < 4.78 is 1.98. The summed E-state index contributed by atoms with van der Waals surface area (Å²) in [4.78, 5) is 14.5. The van der Waals surface area contributed by atoms with Crippen molar-refractivity contribution in [2.24, 2.45) is 13.0 Å². The van der Waals surface area contributed by atoms with Gasteiger partial charge in [0.15, 0.2) is 0 Å². The molecule has 0 aliphatic carbocycles. The van der Waals surface area contributed by atoms with Gasteiger partial charge in [-0.1, -0.05) is 0 Å². The lowest BCUT2D eigenvalue weighted by Crippen LogP contribution is -2.43. The molecular weight excluding hydrogens is 262 g/mol. The van der Waals surface area contributed by atoms with Crippen LogP contribution in [0.3, 0.4) is 0 Å². The first-order valence-corrected chi connectivity index (χ1v) is 6.69. The van der Waals surface area contributed by atoms with E-state index in [4.69, 9.17) is 0 Å². The summed E-state index contributed by atoms with van der Waals surface area (Å²) in [6.45, 7) is 4.79. The van der Waals surface area contributed by atoms with Crippen LogP contribution >= 0.6 is 12.4 Å². The Morgan fingerprint density at radius 3 is 2.79 bits per heavy atom. The van der Waals surface area contributed by atoms with Gasteiger partial charge in [0, 0.05) is 25.8 Å². The highest BCUT2D eigenvalue weighted by Crippen LogP contribution is 2.18. The Kier molecular flexibility index (Phi) is 5.88. The van der Waals surface area contributed by atoms with Crippen molar-refractivity contribution in [3.63, 3.8) is 0 Å². The molecule has 1 saturated heterocycles. The fraction of sp³-hybridized carbons (Fsp3) is 0.643. The predicted octanol–water partition coefficient (Wildman–Crippen LogP) is 1.83. The van der Waals surface area contributed by atoms with Gasteiger partial charge in [-0.2, -0.15) is 0 Å². The smallest absolute Gasteiger partial charge is 0.270 e. The SMILES string of the molecule is CNCC1CCCN(C(=O)c2ccc(C)n2C)C1.Cl. The Bertz CT molecular complexity index is 428. The van der Waals surface area contributed by atoms with Gasteiger partial charge in [-0.25, -0.2) is 0 Å². The number of carbonyl (C=O) groups excluding carboxylic acids is 1. The second-order valence-electron chi connectivity index (χ2n) is 5.24. The minimum absolute atomic E-state index is 0. The molecule has 1 aliphatic heterocycles. The summed E-state index contributed by atoms with van der Waals surface area (Å²) in [5, 5.41) is 3.21. The summed E-state index contributed by atoms with van der Waals surface area (Å²) in [7, 11) is 3.93. The van der Waals surface area contributed by atoms with Gasteiger partial charge in [0.1, 0.15) is 5.69 Å². The molecule has 1 atom stereocenters. The van der Waals surface area contributed by atoms with Crippen LogP contribution < -0.4 is 5.32 Å². The third kappa shape index (κ3) is 3.51. The molecule has 4 nitrogen and oxygen atoms in total. The Hall–Kier alpha value is -1.00. The van der Waals surface area contributed by atoms with Crippen LogP contribution in [0.5, 0.6) is 0 Å². The monoisotopic (exact) mass is 285 g/mol. The fourth-order valence-electron chi connectivity index (χ4n) is 2.69. The number of nitrogens with zero attached hydrogens (tertiary/aromatic N) is 2. The van der Waals surface area contributed by atoms with Crippen LogP contribution in [0.25, 0.3) is 0 Å². The van der Waals surface area contributed by atoms with Gasteiger partial charge in [0.2, 0.25) is 0 Å². The summed E-state index contributed by atoms with van der Waals surface area (Å²) in [5.41, 5.74) is 1.93. The van der Waals surface area contributed by atoms with Gasteiger partial charge in [-0.05, 0) is 51.4 Å². The van der Waals surface area contributed by atoms with E-state index >= 15 is 0 Å². The first-order valence-electron chi connectivity index (χ1n) is 6.69. The molecule has 2 rings (SSSR count). The predicted molar refractivity (Wildman–Crippen MR) is 80.0 cm³/mol. The van der Waals surface area contributed by atoms with Crippen LogP contribution in [0.4, 0.5) is 0 Å². The van der Waals surface area contributed by atoms with Gasteiger partial charge in [0.05, 0.1) is 0 Å². The molecule has 1 fully saturated rings. The van der Waals surface area contributed by atoms with Crippen LogP contribution in [0, 0.1) is 12.8 Å². The lowest BCUT2D eigenvalue weighted by molar-refractivity contribution is 0.0664. The van der Waals surface area contributed by atoms with E-state index in [9.17, 15) is 4.79 Å². The molecule has 1 aliphatic rings. The minimum Gasteiger partial charge on any atom is -0.344 e. The first kappa shape index (κ1) is 16.1. The molecule has 2 heterocycles. The molecule has 1 aromatic rings. The molecule has 0 radical (unpaired) electrons. The van der Waals surface area contributed by atoms with Crippen molar-refractivity contribution < 1.29 is 4.79 Å². The van der Waals surface area contributed by atoms with Crippen LogP contribution in [-0.2, 0) is 7.05 Å². The van der Waals surface area contributed by atoms with E-state index in [1.165, 1.54) is 6.42 Å². The maximum atomic E-state index is 12.5. The summed E-state index contributed by atoms with van der Waals surface area (Å²) >= 11 is 0. The molecule has 0 spiro atoms.